The molecule has 29 heavy (non-hydrogen) atoms. The minimum atomic E-state index is -0.481. The van der Waals surface area contributed by atoms with Gasteiger partial charge in [0.15, 0.2) is 0 Å². The molecule has 2 bridgehead atoms. The lowest BCUT2D eigenvalue weighted by atomic mass is 9.48. The van der Waals surface area contributed by atoms with Crippen molar-refractivity contribution < 1.29 is 9.59 Å². The Morgan fingerprint density at radius 2 is 1.31 bits per heavy atom. The van der Waals surface area contributed by atoms with Gasteiger partial charge in [0, 0.05) is 11.3 Å². The summed E-state index contributed by atoms with van der Waals surface area (Å²) in [4.78, 5) is 28.8. The molecular weight excluding hydrogens is 358 g/mol. The van der Waals surface area contributed by atoms with Crippen molar-refractivity contribution in [1.82, 2.24) is 4.90 Å². The number of nitrogens with zero attached hydrogens (tertiary/aromatic N) is 1. The second kappa shape index (κ2) is 5.66. The fourth-order valence-corrected chi connectivity index (χ4v) is 6.13. The average molecular weight is 379 g/mol. The van der Waals surface area contributed by atoms with E-state index in [9.17, 15) is 9.59 Å². The predicted octanol–water partition coefficient (Wildman–Crippen LogP) is 4.25. The predicted molar refractivity (Wildman–Crippen MR) is 110 cm³/mol. The highest BCUT2D eigenvalue weighted by Crippen LogP contribution is 2.63. The minimum absolute atomic E-state index is 0.0240. The van der Waals surface area contributed by atoms with Crippen molar-refractivity contribution in [2.75, 3.05) is 0 Å². The van der Waals surface area contributed by atoms with Crippen LogP contribution in [0.2, 0.25) is 0 Å². The molecule has 2 amide bonds. The average Bonchev–Trinajstić information content (AvgIpc) is 3.01. The third-order valence-corrected chi connectivity index (χ3v) is 7.32. The van der Waals surface area contributed by atoms with Gasteiger partial charge in [-0.1, -0.05) is 85.8 Å². The van der Waals surface area contributed by atoms with E-state index < -0.39 is 5.41 Å². The van der Waals surface area contributed by atoms with Crippen molar-refractivity contribution in [3.63, 3.8) is 0 Å². The van der Waals surface area contributed by atoms with E-state index in [4.69, 9.17) is 0 Å². The largest absolute Gasteiger partial charge is 0.278 e. The Labute approximate surface area is 170 Å². The highest BCUT2D eigenvalue weighted by Gasteiger charge is 2.66. The molecule has 1 heterocycles. The van der Waals surface area contributed by atoms with E-state index in [1.807, 2.05) is 54.6 Å². The molecule has 0 aromatic heterocycles. The number of benzene rings is 3. The van der Waals surface area contributed by atoms with Crippen molar-refractivity contribution in [1.29, 1.82) is 0 Å². The molecule has 3 heteroatoms. The smallest absolute Gasteiger partial charge is 0.234 e. The molecule has 1 aliphatic heterocycles. The third kappa shape index (κ3) is 1.97. The molecule has 3 aromatic carbocycles. The van der Waals surface area contributed by atoms with Gasteiger partial charge in [0.05, 0.1) is 18.4 Å². The van der Waals surface area contributed by atoms with Gasteiger partial charge in [0.25, 0.3) is 0 Å². The second-order valence-corrected chi connectivity index (χ2v) is 8.61. The molecule has 2 atom stereocenters. The molecule has 3 aliphatic carbocycles. The van der Waals surface area contributed by atoms with Crippen LogP contribution in [0.5, 0.6) is 0 Å². The maximum absolute atomic E-state index is 13.7. The zero-order chi connectivity index (χ0) is 19.8. The first-order chi connectivity index (χ1) is 14.1. The van der Waals surface area contributed by atoms with E-state index in [1.165, 1.54) is 27.2 Å². The lowest BCUT2D eigenvalue weighted by Gasteiger charge is -2.52. The maximum Gasteiger partial charge on any atom is 0.234 e. The maximum atomic E-state index is 13.7. The lowest BCUT2D eigenvalue weighted by molar-refractivity contribution is -0.140. The molecular formula is C26H21NO2. The van der Waals surface area contributed by atoms with Crippen LogP contribution in [0.4, 0.5) is 0 Å². The SMILES string of the molecule is CC12c3ccccc3C(c3ccccc31)C1C(=O)N(Cc3ccccc3)C(=O)C12. The van der Waals surface area contributed by atoms with Gasteiger partial charge in [0.1, 0.15) is 0 Å². The van der Waals surface area contributed by atoms with Crippen molar-refractivity contribution >= 4 is 11.8 Å². The number of carbonyl (C=O) groups is 2. The molecule has 1 fully saturated rings. The summed E-state index contributed by atoms with van der Waals surface area (Å²) >= 11 is 0. The quantitative estimate of drug-likeness (QED) is 0.624. The van der Waals surface area contributed by atoms with Gasteiger partial charge in [-0.25, -0.2) is 0 Å². The van der Waals surface area contributed by atoms with Gasteiger partial charge in [-0.05, 0) is 27.8 Å². The van der Waals surface area contributed by atoms with Gasteiger partial charge in [0.2, 0.25) is 11.8 Å². The zero-order valence-electron chi connectivity index (χ0n) is 16.2. The summed E-state index contributed by atoms with van der Waals surface area (Å²) in [5, 5.41) is 0. The van der Waals surface area contributed by atoms with Crippen molar-refractivity contribution in [2.24, 2.45) is 11.8 Å². The first-order valence-corrected chi connectivity index (χ1v) is 10.2. The van der Waals surface area contributed by atoms with E-state index >= 15 is 0 Å². The number of amides is 2. The minimum Gasteiger partial charge on any atom is -0.278 e. The number of hydrogen-bond acceptors (Lipinski definition) is 2. The molecule has 0 N–H and O–H groups in total. The van der Waals surface area contributed by atoms with Crippen LogP contribution >= 0.6 is 0 Å². The van der Waals surface area contributed by atoms with Gasteiger partial charge in [-0.15, -0.1) is 0 Å². The fourth-order valence-electron chi connectivity index (χ4n) is 6.13. The van der Waals surface area contributed by atoms with E-state index in [1.54, 1.807) is 0 Å². The van der Waals surface area contributed by atoms with E-state index in [-0.39, 0.29) is 29.6 Å². The Bertz CT molecular complexity index is 1120. The summed E-state index contributed by atoms with van der Waals surface area (Å²) in [6.45, 7) is 2.51. The number of likely N-dealkylation sites (tertiary alicyclic amines) is 1. The van der Waals surface area contributed by atoms with Crippen LogP contribution in [0.25, 0.3) is 0 Å². The second-order valence-electron chi connectivity index (χ2n) is 8.61. The van der Waals surface area contributed by atoms with E-state index in [2.05, 4.69) is 31.2 Å². The van der Waals surface area contributed by atoms with E-state index in [0.717, 1.165) is 5.56 Å². The number of carbonyl (C=O) groups excluding carboxylic acids is 2. The standard InChI is InChI=1S/C26H21NO2/c1-26-19-13-7-5-11-17(19)21(18-12-6-8-14-20(18)26)22-23(26)25(29)27(24(22)28)15-16-9-3-2-4-10-16/h2-14,21-23H,15H2,1H3. The van der Waals surface area contributed by atoms with Crippen LogP contribution in [0.15, 0.2) is 78.9 Å². The molecule has 0 spiro atoms. The van der Waals surface area contributed by atoms with Crippen LogP contribution in [0.1, 0.15) is 40.7 Å². The van der Waals surface area contributed by atoms with Gasteiger partial charge in [-0.2, -0.15) is 0 Å². The molecule has 0 saturated carbocycles. The summed E-state index contributed by atoms with van der Waals surface area (Å²) in [7, 11) is 0. The molecule has 3 aromatic rings. The topological polar surface area (TPSA) is 37.4 Å². The molecule has 4 aliphatic rings. The molecule has 2 unspecified atom stereocenters. The Hall–Kier alpha value is -3.20. The summed E-state index contributed by atoms with van der Waals surface area (Å²) in [5.41, 5.74) is 5.32. The van der Waals surface area contributed by atoms with Crippen LogP contribution in [0.3, 0.4) is 0 Å². The van der Waals surface area contributed by atoms with Crippen LogP contribution < -0.4 is 0 Å². The normalized spacial score (nSPS) is 28.9. The van der Waals surface area contributed by atoms with Crippen LogP contribution in [-0.2, 0) is 21.5 Å². The van der Waals surface area contributed by atoms with E-state index in [0.29, 0.717) is 6.54 Å². The van der Waals surface area contributed by atoms with Crippen molar-refractivity contribution in [3.05, 3.63) is 107 Å². The fraction of sp³-hybridized carbons (Fsp3) is 0.231. The summed E-state index contributed by atoms with van der Waals surface area (Å²) in [6, 6.07) is 26.6. The molecule has 1 saturated heterocycles. The van der Waals surface area contributed by atoms with Crippen LogP contribution in [-0.4, -0.2) is 16.7 Å². The van der Waals surface area contributed by atoms with Crippen molar-refractivity contribution in [2.45, 2.75) is 24.8 Å². The Kier molecular flexibility index (Phi) is 3.27. The summed E-state index contributed by atoms with van der Waals surface area (Å²) < 4.78 is 0. The highest BCUT2D eigenvalue weighted by molar-refractivity contribution is 6.08. The van der Waals surface area contributed by atoms with Gasteiger partial charge < -0.3 is 0 Å². The first-order valence-electron chi connectivity index (χ1n) is 10.2. The molecule has 0 radical (unpaired) electrons. The molecule has 7 rings (SSSR count). The monoisotopic (exact) mass is 379 g/mol. The lowest BCUT2D eigenvalue weighted by Crippen LogP contribution is -2.51. The third-order valence-electron chi connectivity index (χ3n) is 7.32. The number of hydrogen-bond donors (Lipinski definition) is 0. The highest BCUT2D eigenvalue weighted by atomic mass is 16.2. The van der Waals surface area contributed by atoms with Crippen LogP contribution in [0, 0.1) is 11.8 Å². The van der Waals surface area contributed by atoms with Gasteiger partial charge >= 0.3 is 0 Å². The molecule has 3 nitrogen and oxygen atoms in total. The van der Waals surface area contributed by atoms with Gasteiger partial charge in [-0.3, -0.25) is 14.5 Å². The Morgan fingerprint density at radius 3 is 1.93 bits per heavy atom. The van der Waals surface area contributed by atoms with Crippen molar-refractivity contribution in [3.8, 4) is 0 Å². The summed E-state index contributed by atoms with van der Waals surface area (Å²) in [5.74, 6) is -0.759. The Morgan fingerprint density at radius 1 is 0.759 bits per heavy atom. The summed E-state index contributed by atoms with van der Waals surface area (Å²) in [6.07, 6.45) is 0. The molecule has 142 valence electrons. The number of imide groups is 1. The zero-order valence-corrected chi connectivity index (χ0v) is 16.2. The number of rotatable bonds is 2. The Balaban J connectivity index is 1.55. The first kappa shape index (κ1) is 16.7.